The first kappa shape index (κ1) is 7.86. The fourth-order valence-corrected chi connectivity index (χ4v) is 1.37. The van der Waals surface area contributed by atoms with Gasteiger partial charge < -0.3 is 5.73 Å². The van der Waals surface area contributed by atoms with Crippen LogP contribution in [0.3, 0.4) is 0 Å². The maximum absolute atomic E-state index is 5.70. The van der Waals surface area contributed by atoms with Gasteiger partial charge in [-0.05, 0) is 25.2 Å². The van der Waals surface area contributed by atoms with Crippen molar-refractivity contribution in [3.05, 3.63) is 11.8 Å². The molecule has 64 valence electrons. The van der Waals surface area contributed by atoms with Gasteiger partial charge in [-0.3, -0.25) is 0 Å². The molecule has 0 bridgehead atoms. The molecular weight excluding hydrogens is 170 g/mol. The Morgan fingerprint density at radius 1 is 1.58 bits per heavy atom. The number of anilines is 1. The van der Waals surface area contributed by atoms with Crippen molar-refractivity contribution in [1.82, 2.24) is 9.97 Å². The second-order valence-corrected chi connectivity index (χ2v) is 3.63. The molecule has 1 aromatic rings. The number of thiol groups is 1. The van der Waals surface area contributed by atoms with Crippen LogP contribution in [0, 0.1) is 5.92 Å². The lowest BCUT2D eigenvalue weighted by Crippen LogP contribution is -2.00. The SMILES string of the molecule is Nc1nc(S)ncc1CC1CC1. The van der Waals surface area contributed by atoms with E-state index in [1.54, 1.807) is 6.20 Å². The summed E-state index contributed by atoms with van der Waals surface area (Å²) < 4.78 is 0. The van der Waals surface area contributed by atoms with E-state index in [4.69, 9.17) is 5.73 Å². The van der Waals surface area contributed by atoms with Gasteiger partial charge in [0.05, 0.1) is 0 Å². The fraction of sp³-hybridized carbons (Fsp3) is 0.500. The highest BCUT2D eigenvalue weighted by Gasteiger charge is 2.22. The summed E-state index contributed by atoms with van der Waals surface area (Å²) >= 11 is 4.01. The van der Waals surface area contributed by atoms with Crippen molar-refractivity contribution in [3.63, 3.8) is 0 Å². The third-order valence-corrected chi connectivity index (χ3v) is 2.31. The molecule has 0 saturated heterocycles. The molecule has 1 saturated carbocycles. The molecule has 4 heteroatoms. The molecule has 1 aliphatic carbocycles. The molecule has 0 radical (unpaired) electrons. The van der Waals surface area contributed by atoms with Crippen LogP contribution in [-0.2, 0) is 6.42 Å². The van der Waals surface area contributed by atoms with Gasteiger partial charge in [0, 0.05) is 11.8 Å². The highest BCUT2D eigenvalue weighted by atomic mass is 32.1. The van der Waals surface area contributed by atoms with Crippen molar-refractivity contribution in [2.45, 2.75) is 24.4 Å². The average molecular weight is 181 g/mol. The highest BCUT2D eigenvalue weighted by Crippen LogP contribution is 2.33. The molecule has 1 aromatic heterocycles. The molecule has 1 fully saturated rings. The van der Waals surface area contributed by atoms with Gasteiger partial charge in [0.1, 0.15) is 5.82 Å². The number of nitrogens with zero attached hydrogens (tertiary/aromatic N) is 2. The third-order valence-electron chi connectivity index (χ3n) is 2.09. The van der Waals surface area contributed by atoms with Crippen LogP contribution in [0.5, 0.6) is 0 Å². The van der Waals surface area contributed by atoms with Gasteiger partial charge in [0.15, 0.2) is 5.16 Å². The Bertz CT molecular complexity index is 296. The largest absolute Gasteiger partial charge is 0.383 e. The zero-order valence-corrected chi connectivity index (χ0v) is 7.59. The first-order chi connectivity index (χ1) is 5.75. The molecule has 12 heavy (non-hydrogen) atoms. The van der Waals surface area contributed by atoms with E-state index >= 15 is 0 Å². The predicted octanol–water partition coefficient (Wildman–Crippen LogP) is 1.30. The van der Waals surface area contributed by atoms with Gasteiger partial charge in [0.25, 0.3) is 0 Å². The van der Waals surface area contributed by atoms with Gasteiger partial charge in [0.2, 0.25) is 0 Å². The Kier molecular flexibility index (Phi) is 1.92. The van der Waals surface area contributed by atoms with Crippen molar-refractivity contribution >= 4 is 18.4 Å². The number of rotatable bonds is 2. The molecule has 0 unspecified atom stereocenters. The van der Waals surface area contributed by atoms with E-state index in [2.05, 4.69) is 22.6 Å². The van der Waals surface area contributed by atoms with Crippen LogP contribution in [0.4, 0.5) is 5.82 Å². The summed E-state index contributed by atoms with van der Waals surface area (Å²) in [6.07, 6.45) is 5.45. The van der Waals surface area contributed by atoms with Gasteiger partial charge in [-0.1, -0.05) is 0 Å². The van der Waals surface area contributed by atoms with Gasteiger partial charge in [-0.25, -0.2) is 9.97 Å². The van der Waals surface area contributed by atoms with E-state index < -0.39 is 0 Å². The number of nitrogen functional groups attached to an aromatic ring is 1. The quantitative estimate of drug-likeness (QED) is 0.534. The lowest BCUT2D eigenvalue weighted by Gasteiger charge is -2.02. The van der Waals surface area contributed by atoms with Crippen molar-refractivity contribution in [3.8, 4) is 0 Å². The standard InChI is InChI=1S/C8H11N3S/c9-7-6(3-5-1-2-5)4-10-8(12)11-7/h4-5H,1-3H2,(H3,9,10,11,12). The minimum absolute atomic E-state index is 0.451. The Labute approximate surface area is 76.8 Å². The maximum atomic E-state index is 5.70. The summed E-state index contributed by atoms with van der Waals surface area (Å²) in [6, 6.07) is 0. The molecular formula is C8H11N3S. The van der Waals surface area contributed by atoms with E-state index in [1.807, 2.05) is 0 Å². The van der Waals surface area contributed by atoms with Crippen molar-refractivity contribution in [2.75, 3.05) is 5.73 Å². The molecule has 0 atom stereocenters. The van der Waals surface area contributed by atoms with Crippen LogP contribution in [0.2, 0.25) is 0 Å². The Morgan fingerprint density at radius 2 is 2.33 bits per heavy atom. The summed E-state index contributed by atoms with van der Waals surface area (Å²) in [5.74, 6) is 1.41. The number of aromatic nitrogens is 2. The molecule has 3 nitrogen and oxygen atoms in total. The zero-order valence-electron chi connectivity index (χ0n) is 6.70. The summed E-state index contributed by atoms with van der Waals surface area (Å²) in [5, 5.41) is 0.451. The molecule has 2 N–H and O–H groups in total. The lowest BCUT2D eigenvalue weighted by molar-refractivity contribution is 0.811. The van der Waals surface area contributed by atoms with E-state index in [9.17, 15) is 0 Å². The zero-order chi connectivity index (χ0) is 8.55. The maximum Gasteiger partial charge on any atom is 0.186 e. The monoisotopic (exact) mass is 181 g/mol. The summed E-state index contributed by atoms with van der Waals surface area (Å²) in [7, 11) is 0. The van der Waals surface area contributed by atoms with Gasteiger partial charge in [-0.2, -0.15) is 0 Å². The summed E-state index contributed by atoms with van der Waals surface area (Å²) in [4.78, 5) is 7.98. The van der Waals surface area contributed by atoms with Crippen LogP contribution in [0.1, 0.15) is 18.4 Å². The lowest BCUT2D eigenvalue weighted by atomic mass is 10.1. The molecule has 1 aliphatic rings. The van der Waals surface area contributed by atoms with Crippen LogP contribution >= 0.6 is 12.6 Å². The summed E-state index contributed by atoms with van der Waals surface area (Å²) in [6.45, 7) is 0. The Morgan fingerprint density at radius 3 is 2.92 bits per heavy atom. The fourth-order valence-electron chi connectivity index (χ4n) is 1.20. The first-order valence-corrected chi connectivity index (χ1v) is 4.51. The molecule has 0 amide bonds. The second-order valence-electron chi connectivity index (χ2n) is 3.23. The van der Waals surface area contributed by atoms with E-state index in [0.717, 1.165) is 17.9 Å². The highest BCUT2D eigenvalue weighted by molar-refractivity contribution is 7.80. The molecule has 0 aromatic carbocycles. The minimum Gasteiger partial charge on any atom is -0.383 e. The number of nitrogens with two attached hydrogens (primary N) is 1. The minimum atomic E-state index is 0.451. The molecule has 0 spiro atoms. The number of hydrogen-bond donors (Lipinski definition) is 2. The second kappa shape index (κ2) is 2.94. The third kappa shape index (κ3) is 1.69. The van der Waals surface area contributed by atoms with Crippen molar-refractivity contribution in [1.29, 1.82) is 0 Å². The van der Waals surface area contributed by atoms with E-state index in [1.165, 1.54) is 12.8 Å². The average Bonchev–Trinajstić information content (AvgIpc) is 2.79. The number of hydrogen-bond acceptors (Lipinski definition) is 4. The van der Waals surface area contributed by atoms with Crippen LogP contribution in [0.15, 0.2) is 11.4 Å². The topological polar surface area (TPSA) is 51.8 Å². The van der Waals surface area contributed by atoms with Crippen molar-refractivity contribution < 1.29 is 0 Å². The molecule has 0 aliphatic heterocycles. The normalized spacial score (nSPS) is 16.4. The van der Waals surface area contributed by atoms with Crippen LogP contribution in [0.25, 0.3) is 0 Å². The van der Waals surface area contributed by atoms with E-state index in [0.29, 0.717) is 11.0 Å². The summed E-state index contributed by atoms with van der Waals surface area (Å²) in [5.41, 5.74) is 6.76. The van der Waals surface area contributed by atoms with Gasteiger partial charge >= 0.3 is 0 Å². The van der Waals surface area contributed by atoms with Crippen LogP contribution < -0.4 is 5.73 Å². The Balaban J connectivity index is 2.18. The molecule has 2 rings (SSSR count). The van der Waals surface area contributed by atoms with Crippen LogP contribution in [-0.4, -0.2) is 9.97 Å². The first-order valence-electron chi connectivity index (χ1n) is 4.06. The Hall–Kier alpha value is -0.770. The smallest absolute Gasteiger partial charge is 0.186 e. The van der Waals surface area contributed by atoms with E-state index in [-0.39, 0.29) is 0 Å². The predicted molar refractivity (Wildman–Crippen MR) is 50.1 cm³/mol. The van der Waals surface area contributed by atoms with Crippen molar-refractivity contribution in [2.24, 2.45) is 5.92 Å². The van der Waals surface area contributed by atoms with Gasteiger partial charge in [-0.15, -0.1) is 12.6 Å². The molecule has 1 heterocycles.